The molecule has 0 aromatic carbocycles. The quantitative estimate of drug-likeness (QED) is 0.631. The highest BCUT2D eigenvalue weighted by Gasteiger charge is 2.35. The molecule has 2 heterocycles. The van der Waals surface area contributed by atoms with E-state index in [0.29, 0.717) is 12.0 Å². The first kappa shape index (κ1) is 9.95. The first-order valence-electron chi connectivity index (χ1n) is 5.65. The van der Waals surface area contributed by atoms with Crippen LogP contribution in [0.2, 0.25) is 0 Å². The third-order valence-corrected chi connectivity index (χ3v) is 3.88. The molecule has 0 atom stereocenters. The fraction of sp³-hybridized carbons (Fsp3) is 0.909. The van der Waals surface area contributed by atoms with Crippen molar-refractivity contribution in [1.29, 1.82) is 5.26 Å². The molecule has 0 saturated carbocycles. The Morgan fingerprint density at radius 2 is 1.79 bits per heavy atom. The van der Waals surface area contributed by atoms with Gasteiger partial charge in [-0.15, -0.1) is 0 Å². The van der Waals surface area contributed by atoms with Crippen LogP contribution in [0.1, 0.15) is 25.7 Å². The largest absolute Gasteiger partial charge is 0.317 e. The van der Waals surface area contributed by atoms with Crippen molar-refractivity contribution in [1.82, 2.24) is 10.2 Å². The highest BCUT2D eigenvalue weighted by atomic mass is 15.1. The number of piperidine rings is 2. The normalized spacial score (nSPS) is 27.4. The van der Waals surface area contributed by atoms with Crippen molar-refractivity contribution >= 4 is 0 Å². The molecule has 78 valence electrons. The fourth-order valence-electron chi connectivity index (χ4n) is 2.74. The van der Waals surface area contributed by atoms with Crippen LogP contribution in [0.5, 0.6) is 0 Å². The molecule has 0 aromatic rings. The zero-order valence-electron chi connectivity index (χ0n) is 8.76. The van der Waals surface area contributed by atoms with Crippen LogP contribution in [0.25, 0.3) is 0 Å². The fourth-order valence-corrected chi connectivity index (χ4v) is 2.74. The van der Waals surface area contributed by atoms with Gasteiger partial charge in [0.2, 0.25) is 0 Å². The summed E-state index contributed by atoms with van der Waals surface area (Å²) in [5, 5.41) is 12.0. The predicted octanol–water partition coefficient (Wildman–Crippen LogP) is 0.976. The number of rotatable bonds is 1. The summed E-state index contributed by atoms with van der Waals surface area (Å²) in [6, 6.07) is 2.24. The van der Waals surface area contributed by atoms with E-state index in [0.717, 1.165) is 13.1 Å². The van der Waals surface area contributed by atoms with Gasteiger partial charge in [-0.05, 0) is 57.3 Å². The van der Waals surface area contributed by atoms with Crippen LogP contribution in [0.4, 0.5) is 0 Å². The first-order valence-corrected chi connectivity index (χ1v) is 5.65. The van der Waals surface area contributed by atoms with Gasteiger partial charge in [-0.3, -0.25) is 4.90 Å². The third-order valence-electron chi connectivity index (χ3n) is 3.88. The molecular weight excluding hydrogens is 174 g/mol. The molecule has 3 heteroatoms. The molecule has 2 saturated heterocycles. The average molecular weight is 193 g/mol. The Morgan fingerprint density at radius 1 is 1.14 bits per heavy atom. The minimum Gasteiger partial charge on any atom is -0.317 e. The van der Waals surface area contributed by atoms with Gasteiger partial charge in [0.05, 0.1) is 12.6 Å². The number of hydrogen-bond donors (Lipinski definition) is 1. The van der Waals surface area contributed by atoms with Gasteiger partial charge in [-0.1, -0.05) is 0 Å². The Kier molecular flexibility index (Phi) is 3.05. The third kappa shape index (κ3) is 2.08. The second-order valence-corrected chi connectivity index (χ2v) is 4.68. The molecule has 2 fully saturated rings. The smallest absolute Gasteiger partial charge is 0.0865 e. The monoisotopic (exact) mass is 193 g/mol. The second kappa shape index (κ2) is 4.29. The van der Waals surface area contributed by atoms with Gasteiger partial charge in [0.15, 0.2) is 0 Å². The number of hydrogen-bond acceptors (Lipinski definition) is 3. The topological polar surface area (TPSA) is 39.1 Å². The van der Waals surface area contributed by atoms with Crippen molar-refractivity contribution in [2.24, 2.45) is 5.41 Å². The summed E-state index contributed by atoms with van der Waals surface area (Å²) in [6.45, 7) is 5.27. The summed E-state index contributed by atoms with van der Waals surface area (Å²) in [6.07, 6.45) is 5.29. The minimum atomic E-state index is 0.619. The number of nitrogens with one attached hydrogen (secondary N) is 1. The van der Waals surface area contributed by atoms with E-state index in [2.05, 4.69) is 16.3 Å². The molecule has 0 radical (unpaired) electrons. The van der Waals surface area contributed by atoms with E-state index >= 15 is 0 Å². The van der Waals surface area contributed by atoms with E-state index in [9.17, 15) is 0 Å². The maximum atomic E-state index is 8.62. The summed E-state index contributed by atoms with van der Waals surface area (Å²) in [4.78, 5) is 2.29. The Labute approximate surface area is 86.1 Å². The molecule has 2 rings (SSSR count). The van der Waals surface area contributed by atoms with Crippen LogP contribution in [0, 0.1) is 16.7 Å². The minimum absolute atomic E-state index is 0.619. The van der Waals surface area contributed by atoms with Gasteiger partial charge >= 0.3 is 0 Å². The average Bonchev–Trinajstić information content (AvgIpc) is 2.24. The summed E-state index contributed by atoms with van der Waals surface area (Å²) < 4.78 is 0. The van der Waals surface area contributed by atoms with Gasteiger partial charge in [-0.2, -0.15) is 5.26 Å². The SMILES string of the molecule is N#CCN1CCC2(CCNCC2)CC1. The van der Waals surface area contributed by atoms with Crippen LogP contribution < -0.4 is 5.32 Å². The molecule has 0 aromatic heterocycles. The summed E-state index contributed by atoms with van der Waals surface area (Å²) >= 11 is 0. The lowest BCUT2D eigenvalue weighted by Gasteiger charge is -2.43. The first-order chi connectivity index (χ1) is 6.85. The van der Waals surface area contributed by atoms with Crippen molar-refractivity contribution in [2.45, 2.75) is 25.7 Å². The number of nitrogens with zero attached hydrogens (tertiary/aromatic N) is 2. The highest BCUT2D eigenvalue weighted by Crippen LogP contribution is 2.39. The molecule has 0 amide bonds. The molecule has 1 N–H and O–H groups in total. The Hall–Kier alpha value is -0.590. The molecule has 2 aliphatic rings. The van der Waals surface area contributed by atoms with E-state index in [-0.39, 0.29) is 0 Å². The lowest BCUT2D eigenvalue weighted by Crippen LogP contribution is -2.45. The van der Waals surface area contributed by atoms with Gasteiger partial charge in [0.25, 0.3) is 0 Å². The molecule has 2 aliphatic heterocycles. The lowest BCUT2D eigenvalue weighted by molar-refractivity contribution is 0.0810. The Balaban J connectivity index is 1.85. The van der Waals surface area contributed by atoms with Gasteiger partial charge in [-0.25, -0.2) is 0 Å². The van der Waals surface area contributed by atoms with E-state index in [1.165, 1.54) is 38.8 Å². The van der Waals surface area contributed by atoms with Crippen LogP contribution in [0.3, 0.4) is 0 Å². The van der Waals surface area contributed by atoms with E-state index in [4.69, 9.17) is 5.26 Å². The van der Waals surface area contributed by atoms with E-state index < -0.39 is 0 Å². The molecule has 0 aliphatic carbocycles. The Bertz CT molecular complexity index is 215. The van der Waals surface area contributed by atoms with Gasteiger partial charge < -0.3 is 5.32 Å². The highest BCUT2D eigenvalue weighted by molar-refractivity contribution is 4.91. The van der Waals surface area contributed by atoms with Gasteiger partial charge in [0.1, 0.15) is 0 Å². The van der Waals surface area contributed by atoms with Crippen molar-refractivity contribution in [3.63, 3.8) is 0 Å². The molecule has 1 spiro atoms. The molecule has 0 unspecified atom stereocenters. The summed E-state index contributed by atoms with van der Waals surface area (Å²) in [5.41, 5.74) is 0.622. The maximum absolute atomic E-state index is 8.62. The zero-order valence-corrected chi connectivity index (χ0v) is 8.76. The Morgan fingerprint density at radius 3 is 2.36 bits per heavy atom. The molecule has 3 nitrogen and oxygen atoms in total. The van der Waals surface area contributed by atoms with E-state index in [1.807, 2.05) is 0 Å². The standard InChI is InChI=1S/C11H19N3/c12-5-10-14-8-3-11(4-9-14)1-6-13-7-2-11/h13H,1-4,6-10H2. The lowest BCUT2D eigenvalue weighted by atomic mass is 9.71. The van der Waals surface area contributed by atoms with Crippen LogP contribution >= 0.6 is 0 Å². The van der Waals surface area contributed by atoms with Crippen LogP contribution in [0.15, 0.2) is 0 Å². The molecular formula is C11H19N3. The van der Waals surface area contributed by atoms with Gasteiger partial charge in [0, 0.05) is 0 Å². The van der Waals surface area contributed by atoms with E-state index in [1.54, 1.807) is 0 Å². The number of likely N-dealkylation sites (tertiary alicyclic amines) is 1. The second-order valence-electron chi connectivity index (χ2n) is 4.68. The molecule has 0 bridgehead atoms. The van der Waals surface area contributed by atoms with Crippen molar-refractivity contribution in [3.8, 4) is 6.07 Å². The maximum Gasteiger partial charge on any atom is 0.0865 e. The molecule has 14 heavy (non-hydrogen) atoms. The number of nitriles is 1. The van der Waals surface area contributed by atoms with Crippen LogP contribution in [-0.4, -0.2) is 37.6 Å². The van der Waals surface area contributed by atoms with Crippen LogP contribution in [-0.2, 0) is 0 Å². The summed E-state index contributed by atoms with van der Waals surface area (Å²) in [7, 11) is 0. The zero-order chi connectivity index (χ0) is 9.86. The predicted molar refractivity (Wildman–Crippen MR) is 55.8 cm³/mol. The van der Waals surface area contributed by atoms with Crippen molar-refractivity contribution in [3.05, 3.63) is 0 Å². The van der Waals surface area contributed by atoms with Crippen molar-refractivity contribution < 1.29 is 0 Å². The van der Waals surface area contributed by atoms with Crippen molar-refractivity contribution in [2.75, 3.05) is 32.7 Å². The summed E-state index contributed by atoms with van der Waals surface area (Å²) in [5.74, 6) is 0.